The first-order valence-corrected chi connectivity index (χ1v) is 11.0. The molecule has 32 heavy (non-hydrogen) atoms. The molecule has 1 saturated heterocycles. The fourth-order valence-corrected chi connectivity index (χ4v) is 4.15. The van der Waals surface area contributed by atoms with E-state index in [-0.39, 0.29) is 30.4 Å². The van der Waals surface area contributed by atoms with Gasteiger partial charge in [-0.1, -0.05) is 18.2 Å². The number of hydrogen-bond acceptors (Lipinski definition) is 8. The first-order valence-electron chi connectivity index (χ1n) is 9.35. The number of esters is 1. The van der Waals surface area contributed by atoms with Crippen LogP contribution in [0.4, 0.5) is 10.5 Å². The van der Waals surface area contributed by atoms with E-state index in [9.17, 15) is 24.5 Å². The van der Waals surface area contributed by atoms with Crippen molar-refractivity contribution in [3.8, 4) is 5.75 Å². The van der Waals surface area contributed by atoms with Crippen molar-refractivity contribution in [1.82, 2.24) is 4.90 Å². The summed E-state index contributed by atoms with van der Waals surface area (Å²) in [6, 6.07) is 10.8. The molecule has 0 N–H and O–H groups in total. The third-order valence-corrected chi connectivity index (χ3v) is 5.77. The zero-order chi connectivity index (χ0) is 23.3. The molecule has 0 bridgehead atoms. The molecule has 0 radical (unpaired) electrons. The van der Waals surface area contributed by atoms with E-state index in [1.165, 1.54) is 18.2 Å². The van der Waals surface area contributed by atoms with E-state index < -0.39 is 22.0 Å². The summed E-state index contributed by atoms with van der Waals surface area (Å²) in [4.78, 5) is 48.2. The number of rotatable bonds is 8. The van der Waals surface area contributed by atoms with Crippen molar-refractivity contribution in [2.45, 2.75) is 13.5 Å². The van der Waals surface area contributed by atoms with Gasteiger partial charge in [-0.2, -0.15) is 0 Å². The summed E-state index contributed by atoms with van der Waals surface area (Å²) >= 11 is 4.15. The Morgan fingerprint density at radius 1 is 1.25 bits per heavy atom. The fourth-order valence-electron chi connectivity index (χ4n) is 2.80. The lowest BCUT2D eigenvalue weighted by Gasteiger charge is -2.12. The molecule has 2 amide bonds. The van der Waals surface area contributed by atoms with Gasteiger partial charge in [0.25, 0.3) is 16.8 Å². The van der Waals surface area contributed by atoms with Crippen LogP contribution in [0.25, 0.3) is 6.08 Å². The van der Waals surface area contributed by atoms with Crippen molar-refractivity contribution in [3.05, 3.63) is 73.1 Å². The summed E-state index contributed by atoms with van der Waals surface area (Å²) in [6.07, 6.45) is 1.57. The Kier molecular flexibility index (Phi) is 7.65. The Balaban J connectivity index is 1.71. The van der Waals surface area contributed by atoms with E-state index in [0.29, 0.717) is 21.3 Å². The average molecular weight is 521 g/mol. The van der Waals surface area contributed by atoms with E-state index in [1.807, 2.05) is 0 Å². The standard InChI is InChI=1S/C21H17BrN2O7S/c1-2-30-19(25)12-31-17-7-6-13(9-16(17)22)10-18-20(26)23(21(27)32-18)11-14-4-3-5-15(8-14)24(28)29/h3-10H,2,11-12H2,1H3/b18-10+. The van der Waals surface area contributed by atoms with Crippen LogP contribution in [0.1, 0.15) is 18.1 Å². The van der Waals surface area contributed by atoms with Crippen molar-refractivity contribution >= 4 is 56.6 Å². The van der Waals surface area contributed by atoms with Gasteiger partial charge in [-0.3, -0.25) is 24.6 Å². The van der Waals surface area contributed by atoms with Gasteiger partial charge in [0.05, 0.1) is 27.5 Å². The third kappa shape index (κ3) is 5.74. The van der Waals surface area contributed by atoms with Crippen molar-refractivity contribution in [2.75, 3.05) is 13.2 Å². The van der Waals surface area contributed by atoms with E-state index >= 15 is 0 Å². The van der Waals surface area contributed by atoms with Crippen LogP contribution >= 0.6 is 27.7 Å². The Labute approximate surface area is 195 Å². The maximum Gasteiger partial charge on any atom is 0.344 e. The van der Waals surface area contributed by atoms with Crippen LogP contribution < -0.4 is 4.74 Å². The second-order valence-electron chi connectivity index (χ2n) is 6.48. The van der Waals surface area contributed by atoms with Crippen LogP contribution in [-0.4, -0.2) is 40.2 Å². The van der Waals surface area contributed by atoms with E-state index in [4.69, 9.17) is 9.47 Å². The van der Waals surface area contributed by atoms with Crippen LogP contribution in [-0.2, 0) is 20.9 Å². The summed E-state index contributed by atoms with van der Waals surface area (Å²) in [5, 5.41) is 10.5. The molecule has 0 saturated carbocycles. The first-order chi connectivity index (χ1) is 15.3. The molecule has 1 aliphatic rings. The molecule has 1 aliphatic heterocycles. The molecule has 0 spiro atoms. The number of nitro benzene ring substituents is 1. The fraction of sp³-hybridized carbons (Fsp3) is 0.190. The number of imide groups is 1. The topological polar surface area (TPSA) is 116 Å². The molecule has 0 atom stereocenters. The first kappa shape index (κ1) is 23.5. The Hall–Kier alpha value is -3.18. The highest BCUT2D eigenvalue weighted by atomic mass is 79.9. The van der Waals surface area contributed by atoms with Crippen molar-refractivity contribution in [3.63, 3.8) is 0 Å². The molecule has 0 unspecified atom stereocenters. The molecule has 3 rings (SSSR count). The van der Waals surface area contributed by atoms with Gasteiger partial charge in [0.15, 0.2) is 6.61 Å². The molecule has 0 aliphatic carbocycles. The van der Waals surface area contributed by atoms with Gasteiger partial charge in [-0.05, 0) is 64.0 Å². The molecular formula is C21H17BrN2O7S. The maximum atomic E-state index is 12.7. The number of nitrogens with zero attached hydrogens (tertiary/aromatic N) is 2. The van der Waals surface area contributed by atoms with Crippen molar-refractivity contribution in [2.24, 2.45) is 0 Å². The number of thioether (sulfide) groups is 1. The number of amides is 2. The second-order valence-corrected chi connectivity index (χ2v) is 8.33. The number of halogens is 1. The Bertz CT molecular complexity index is 1120. The van der Waals surface area contributed by atoms with Crippen LogP contribution in [0.15, 0.2) is 51.8 Å². The lowest BCUT2D eigenvalue weighted by Crippen LogP contribution is -2.27. The maximum absolute atomic E-state index is 12.7. The number of carbonyl (C=O) groups is 3. The minimum atomic E-state index is -0.533. The van der Waals surface area contributed by atoms with Crippen LogP contribution in [0, 0.1) is 10.1 Å². The zero-order valence-electron chi connectivity index (χ0n) is 16.8. The highest BCUT2D eigenvalue weighted by molar-refractivity contribution is 9.10. The van der Waals surface area contributed by atoms with E-state index in [1.54, 1.807) is 37.3 Å². The summed E-state index contributed by atoms with van der Waals surface area (Å²) in [5.74, 6) is -0.542. The van der Waals surface area contributed by atoms with Gasteiger partial charge in [-0.15, -0.1) is 0 Å². The van der Waals surface area contributed by atoms with Crippen LogP contribution in [0.3, 0.4) is 0 Å². The molecule has 166 valence electrons. The minimum Gasteiger partial charge on any atom is -0.481 e. The predicted molar refractivity (Wildman–Crippen MR) is 121 cm³/mol. The monoisotopic (exact) mass is 520 g/mol. The summed E-state index contributed by atoms with van der Waals surface area (Å²) in [7, 11) is 0. The predicted octanol–water partition coefficient (Wildman–Crippen LogP) is 4.54. The second kappa shape index (κ2) is 10.4. The van der Waals surface area contributed by atoms with Gasteiger partial charge in [0.2, 0.25) is 0 Å². The molecule has 11 heteroatoms. The highest BCUT2D eigenvalue weighted by Gasteiger charge is 2.35. The van der Waals surface area contributed by atoms with Gasteiger partial charge in [-0.25, -0.2) is 4.79 Å². The lowest BCUT2D eigenvalue weighted by atomic mass is 10.2. The molecule has 2 aromatic rings. The molecular weight excluding hydrogens is 504 g/mol. The summed E-state index contributed by atoms with van der Waals surface area (Å²) in [5.41, 5.74) is 1.01. The quantitative estimate of drug-likeness (QED) is 0.215. The molecule has 2 aromatic carbocycles. The van der Waals surface area contributed by atoms with Gasteiger partial charge >= 0.3 is 5.97 Å². The number of hydrogen-bond donors (Lipinski definition) is 0. The third-order valence-electron chi connectivity index (χ3n) is 4.24. The number of carbonyl (C=O) groups excluding carboxylic acids is 3. The number of ether oxygens (including phenoxy) is 2. The SMILES string of the molecule is CCOC(=O)COc1ccc(/C=C2/SC(=O)N(Cc3cccc([N+](=O)[O-])c3)C2=O)cc1Br. The van der Waals surface area contributed by atoms with Crippen LogP contribution in [0.2, 0.25) is 0 Å². The summed E-state index contributed by atoms with van der Waals surface area (Å²) in [6.45, 7) is 1.67. The molecule has 1 heterocycles. The number of benzene rings is 2. The zero-order valence-corrected chi connectivity index (χ0v) is 19.2. The van der Waals surface area contributed by atoms with E-state index in [2.05, 4.69) is 15.9 Å². The summed E-state index contributed by atoms with van der Waals surface area (Å²) < 4.78 is 10.8. The van der Waals surface area contributed by atoms with Crippen LogP contribution in [0.5, 0.6) is 5.75 Å². The smallest absolute Gasteiger partial charge is 0.344 e. The number of nitro groups is 1. The highest BCUT2D eigenvalue weighted by Crippen LogP contribution is 2.35. The minimum absolute atomic E-state index is 0.0615. The molecule has 9 nitrogen and oxygen atoms in total. The Morgan fingerprint density at radius 2 is 2.03 bits per heavy atom. The van der Waals surface area contributed by atoms with Crippen molar-refractivity contribution in [1.29, 1.82) is 0 Å². The van der Waals surface area contributed by atoms with Gasteiger partial charge in [0.1, 0.15) is 5.75 Å². The van der Waals surface area contributed by atoms with E-state index in [0.717, 1.165) is 16.7 Å². The Morgan fingerprint density at radius 3 is 2.72 bits per heavy atom. The number of non-ortho nitro benzene ring substituents is 1. The van der Waals surface area contributed by atoms with Gasteiger partial charge in [0, 0.05) is 12.1 Å². The molecule has 0 aromatic heterocycles. The average Bonchev–Trinajstić information content (AvgIpc) is 3.01. The molecule has 1 fully saturated rings. The lowest BCUT2D eigenvalue weighted by molar-refractivity contribution is -0.384. The van der Waals surface area contributed by atoms with Gasteiger partial charge < -0.3 is 9.47 Å². The largest absolute Gasteiger partial charge is 0.481 e. The normalized spacial score (nSPS) is 14.7. The van der Waals surface area contributed by atoms with Crippen molar-refractivity contribution < 1.29 is 28.8 Å².